The first kappa shape index (κ1) is 34.5. The molecule has 10 nitrogen and oxygen atoms in total. The number of amides is 2. The van der Waals surface area contributed by atoms with Crippen LogP contribution in [-0.4, -0.2) is 95.3 Å². The molecule has 2 saturated heterocycles. The number of benzene rings is 2. The predicted octanol–water partition coefficient (Wildman–Crippen LogP) is 2.32. The number of hydrogen-bond acceptors (Lipinski definition) is 8. The number of carbonyl (C=O) groups excluding carboxylic acids is 2. The summed E-state index contributed by atoms with van der Waals surface area (Å²) in [5.41, 5.74) is 2.54. The summed E-state index contributed by atoms with van der Waals surface area (Å²) in [5.74, 6) is -1.51. The molecule has 3 fully saturated rings. The number of aryl methyl sites for hydroxylation is 2. The molecule has 2 bridgehead atoms. The van der Waals surface area contributed by atoms with Gasteiger partial charge in [-0.15, -0.1) is 0 Å². The third-order valence-corrected chi connectivity index (χ3v) is 9.86. The summed E-state index contributed by atoms with van der Waals surface area (Å²) in [6, 6.07) is 13.7. The highest BCUT2D eigenvalue weighted by Crippen LogP contribution is 2.53. The van der Waals surface area contributed by atoms with E-state index in [1.54, 1.807) is 13.8 Å². The van der Waals surface area contributed by atoms with Gasteiger partial charge in [-0.1, -0.05) is 36.4 Å². The summed E-state index contributed by atoms with van der Waals surface area (Å²) >= 11 is 0. The van der Waals surface area contributed by atoms with Crippen molar-refractivity contribution in [2.45, 2.75) is 101 Å². The summed E-state index contributed by atoms with van der Waals surface area (Å²) in [5, 5.41) is 38.6. The zero-order valence-corrected chi connectivity index (χ0v) is 27.8. The minimum atomic E-state index is -1.56. The van der Waals surface area contributed by atoms with Crippen molar-refractivity contribution >= 4 is 11.8 Å². The average Bonchev–Trinajstić information content (AvgIpc) is 3.77. The lowest BCUT2D eigenvalue weighted by Crippen LogP contribution is -2.62. The van der Waals surface area contributed by atoms with E-state index in [0.29, 0.717) is 31.4 Å². The van der Waals surface area contributed by atoms with Gasteiger partial charge >= 0.3 is 0 Å². The van der Waals surface area contributed by atoms with Crippen LogP contribution in [0, 0.1) is 12.8 Å². The second-order valence-corrected chi connectivity index (χ2v) is 14.3. The first-order valence-corrected chi connectivity index (χ1v) is 16.6. The van der Waals surface area contributed by atoms with E-state index in [1.165, 1.54) is 0 Å². The second-order valence-electron chi connectivity index (χ2n) is 14.3. The zero-order chi connectivity index (χ0) is 33.3. The molecule has 2 aliphatic heterocycles. The first-order chi connectivity index (χ1) is 21.7. The normalized spacial score (nSPS) is 26.6. The van der Waals surface area contributed by atoms with Gasteiger partial charge in [-0.05, 0) is 101 Å². The van der Waals surface area contributed by atoms with E-state index in [0.717, 1.165) is 48.1 Å². The zero-order valence-electron chi connectivity index (χ0n) is 27.8. The maximum atomic E-state index is 12.7. The van der Waals surface area contributed by atoms with Crippen LogP contribution < -0.4 is 10.6 Å². The van der Waals surface area contributed by atoms with Crippen LogP contribution in [0.5, 0.6) is 0 Å². The Bertz CT molecular complexity index is 1390. The number of likely N-dealkylation sites (N-methyl/N-ethyl adjacent to an activating group) is 1. The van der Waals surface area contributed by atoms with Crippen molar-refractivity contribution < 1.29 is 34.4 Å². The number of aliphatic hydroxyl groups is 3. The number of nitrogens with zero attached hydrogens (tertiary/aromatic N) is 1. The van der Waals surface area contributed by atoms with Crippen LogP contribution in [0.3, 0.4) is 0 Å². The summed E-state index contributed by atoms with van der Waals surface area (Å²) in [6.07, 6.45) is 2.06. The number of hydrogen-bond donors (Lipinski definition) is 5. The van der Waals surface area contributed by atoms with Crippen molar-refractivity contribution in [2.75, 3.05) is 33.8 Å². The van der Waals surface area contributed by atoms with Gasteiger partial charge in [0, 0.05) is 31.5 Å². The quantitative estimate of drug-likeness (QED) is 0.213. The van der Waals surface area contributed by atoms with Crippen LogP contribution in [0.2, 0.25) is 0 Å². The van der Waals surface area contributed by atoms with Crippen molar-refractivity contribution in [1.29, 1.82) is 0 Å². The predicted molar refractivity (Wildman–Crippen MR) is 174 cm³/mol. The van der Waals surface area contributed by atoms with Crippen molar-refractivity contribution in [1.82, 2.24) is 15.5 Å². The first-order valence-electron chi connectivity index (χ1n) is 16.6. The number of rotatable bonds is 14. The molecule has 0 aromatic heterocycles. The fraction of sp³-hybridized carbons (Fsp3) is 0.611. The maximum absolute atomic E-state index is 12.7. The van der Waals surface area contributed by atoms with Gasteiger partial charge < -0.3 is 40.3 Å². The Labute approximate surface area is 272 Å². The number of nitrogens with one attached hydrogen (secondary N) is 2. The molecule has 10 heteroatoms. The van der Waals surface area contributed by atoms with Crippen LogP contribution in [0.15, 0.2) is 42.5 Å². The van der Waals surface area contributed by atoms with Gasteiger partial charge in [0.15, 0.2) is 0 Å². The van der Waals surface area contributed by atoms with Crippen LogP contribution in [0.25, 0.3) is 0 Å². The van der Waals surface area contributed by atoms with Gasteiger partial charge in [0.05, 0.1) is 18.3 Å². The molecule has 46 heavy (non-hydrogen) atoms. The number of ether oxygens (including phenoxy) is 2. The van der Waals surface area contributed by atoms with E-state index in [9.17, 15) is 24.9 Å². The Morgan fingerprint density at radius 1 is 1.09 bits per heavy atom. The van der Waals surface area contributed by atoms with Crippen molar-refractivity contribution in [3.63, 3.8) is 0 Å². The minimum absolute atomic E-state index is 0.0600. The lowest BCUT2D eigenvalue weighted by Gasteiger charge is -2.48. The SMILES string of the molecule is Cc1ccc([C@@]23OC[C@@](C(C)(C)O)(C[C@H](O)[C@H]2O)O3)cc1Cc1ccc(CCCC(=O)NC(C(=O)NCCN(C)C)C2CC2)cc1. The molecule has 5 N–H and O–H groups in total. The van der Waals surface area contributed by atoms with Crippen LogP contribution >= 0.6 is 0 Å². The Morgan fingerprint density at radius 3 is 2.43 bits per heavy atom. The standard InChI is InChI=1S/C36H51N3O7/c1-23-9-16-28(36-32(42)29(40)21-35(46-36,22-45-36)34(2,3)44)20-27(23)19-25-12-10-24(11-13-25)7-6-8-30(41)38-31(26-14-15-26)33(43)37-17-18-39(4)5/h9-13,16,20,26,29,31-32,40,42,44H,6-8,14-15,17-19,21-22H2,1-5H3,(H,37,43)(H,38,41)/t29-,31?,32+,35+,36-/m0/s1. The summed E-state index contributed by atoms with van der Waals surface area (Å²) in [7, 11) is 3.92. The van der Waals surface area contributed by atoms with E-state index >= 15 is 0 Å². The molecule has 2 aromatic carbocycles. The Kier molecular flexibility index (Phi) is 10.3. The van der Waals surface area contributed by atoms with Gasteiger partial charge in [0.25, 0.3) is 0 Å². The molecular formula is C36H51N3O7. The Balaban J connectivity index is 1.16. The van der Waals surface area contributed by atoms with Crippen LogP contribution in [0.4, 0.5) is 0 Å². The maximum Gasteiger partial charge on any atom is 0.242 e. The van der Waals surface area contributed by atoms with Gasteiger partial charge in [0.2, 0.25) is 17.6 Å². The highest BCUT2D eigenvalue weighted by Gasteiger charge is 2.67. The highest BCUT2D eigenvalue weighted by molar-refractivity contribution is 5.88. The molecule has 1 unspecified atom stereocenters. The van der Waals surface area contributed by atoms with Gasteiger partial charge in [-0.3, -0.25) is 9.59 Å². The molecule has 2 heterocycles. The van der Waals surface area contributed by atoms with Crippen molar-refractivity contribution in [3.05, 3.63) is 70.3 Å². The molecule has 0 spiro atoms. The largest absolute Gasteiger partial charge is 0.390 e. The fourth-order valence-electron chi connectivity index (χ4n) is 6.55. The van der Waals surface area contributed by atoms with Crippen molar-refractivity contribution in [2.24, 2.45) is 5.92 Å². The molecule has 5 atom stereocenters. The molecule has 1 saturated carbocycles. The van der Waals surface area contributed by atoms with E-state index in [2.05, 4.69) is 34.9 Å². The van der Waals surface area contributed by atoms with Gasteiger partial charge in [0.1, 0.15) is 17.7 Å². The van der Waals surface area contributed by atoms with Crippen molar-refractivity contribution in [3.8, 4) is 0 Å². The van der Waals surface area contributed by atoms with E-state index in [4.69, 9.17) is 9.47 Å². The van der Waals surface area contributed by atoms with E-state index in [1.807, 2.05) is 44.1 Å². The van der Waals surface area contributed by atoms with Crippen LogP contribution in [-0.2, 0) is 37.7 Å². The fourth-order valence-corrected chi connectivity index (χ4v) is 6.55. The third-order valence-electron chi connectivity index (χ3n) is 9.86. The smallest absolute Gasteiger partial charge is 0.242 e. The average molecular weight is 638 g/mol. The van der Waals surface area contributed by atoms with Crippen LogP contribution in [0.1, 0.15) is 73.8 Å². The summed E-state index contributed by atoms with van der Waals surface area (Å²) in [4.78, 5) is 27.3. The monoisotopic (exact) mass is 637 g/mol. The summed E-state index contributed by atoms with van der Waals surface area (Å²) in [6.45, 7) is 6.68. The highest BCUT2D eigenvalue weighted by atomic mass is 16.8. The Morgan fingerprint density at radius 2 is 1.78 bits per heavy atom. The molecule has 252 valence electrons. The third kappa shape index (κ3) is 7.48. The Hall–Kier alpha value is -2.86. The lowest BCUT2D eigenvalue weighted by atomic mass is 9.77. The molecule has 2 amide bonds. The van der Waals surface area contributed by atoms with E-state index < -0.39 is 35.2 Å². The molecule has 5 rings (SSSR count). The van der Waals surface area contributed by atoms with E-state index in [-0.39, 0.29) is 30.8 Å². The molecular weight excluding hydrogens is 586 g/mol. The molecule has 0 radical (unpaired) electrons. The van der Waals surface area contributed by atoms with Gasteiger partial charge in [-0.2, -0.15) is 0 Å². The van der Waals surface area contributed by atoms with Gasteiger partial charge in [-0.25, -0.2) is 0 Å². The number of fused-ring (bicyclic) bond motifs is 2. The lowest BCUT2D eigenvalue weighted by molar-refractivity contribution is -0.319. The second kappa shape index (κ2) is 13.7. The minimum Gasteiger partial charge on any atom is -0.390 e. The summed E-state index contributed by atoms with van der Waals surface area (Å²) < 4.78 is 12.5. The number of carbonyl (C=O) groups is 2. The molecule has 3 aliphatic rings. The number of aliphatic hydroxyl groups excluding tert-OH is 2. The molecule has 1 aliphatic carbocycles. The topological polar surface area (TPSA) is 141 Å². The molecule has 2 aromatic rings.